The number of nitrogens with zero attached hydrogens (tertiary/aromatic N) is 4. The van der Waals surface area contributed by atoms with Gasteiger partial charge in [-0.25, -0.2) is 9.78 Å². The van der Waals surface area contributed by atoms with Crippen molar-refractivity contribution in [2.75, 3.05) is 12.4 Å². The normalized spacial score (nSPS) is 15.1. The highest BCUT2D eigenvalue weighted by Crippen LogP contribution is 2.23. The Labute approximate surface area is 169 Å². The summed E-state index contributed by atoms with van der Waals surface area (Å²) in [5.74, 6) is 1.08. The molecule has 0 radical (unpaired) electrons. The van der Waals surface area contributed by atoms with Gasteiger partial charge in [0.2, 0.25) is 5.88 Å². The molecule has 30 heavy (non-hydrogen) atoms. The molecular weight excluding hydrogens is 386 g/mol. The van der Waals surface area contributed by atoms with Gasteiger partial charge in [0.1, 0.15) is 17.3 Å². The van der Waals surface area contributed by atoms with E-state index in [4.69, 9.17) is 9.73 Å². The molecule has 1 fully saturated rings. The van der Waals surface area contributed by atoms with Gasteiger partial charge in [-0.2, -0.15) is 9.61 Å². The number of aromatic hydroxyl groups is 1. The van der Waals surface area contributed by atoms with Crippen molar-refractivity contribution in [3.05, 3.63) is 63.4 Å². The van der Waals surface area contributed by atoms with Gasteiger partial charge in [-0.05, 0) is 31.1 Å². The molecule has 5 rings (SSSR count). The van der Waals surface area contributed by atoms with Gasteiger partial charge in [0.05, 0.1) is 19.3 Å². The van der Waals surface area contributed by atoms with Gasteiger partial charge >= 0.3 is 5.69 Å². The van der Waals surface area contributed by atoms with Gasteiger partial charge in [0, 0.05) is 23.0 Å². The standard InChI is InChI=1S/C20H19N7O3/c1-30-14-4-2-3-13(8-14)22-16-9-17(23-12-5-6-12)27-18(25-16)11(10-21-27)7-15-19(28)26-20(29)24-15/h2-4,7-10,12,22,28H,5-6H2,1H3,(H2,24,26,29)/b11-7+,23-17?. The lowest BCUT2D eigenvalue weighted by Gasteiger charge is -2.08. The minimum atomic E-state index is -0.493. The SMILES string of the molecule is COc1cccc(Nc2cc(=NC3CC3)n3nc/c(=C\c4[nH]c(=O)[nH]c4O)c3n2)c1. The van der Waals surface area contributed by atoms with Crippen LogP contribution in [0.1, 0.15) is 18.5 Å². The van der Waals surface area contributed by atoms with Crippen LogP contribution in [-0.2, 0) is 0 Å². The summed E-state index contributed by atoms with van der Waals surface area (Å²) < 4.78 is 6.94. The van der Waals surface area contributed by atoms with Crippen molar-refractivity contribution in [1.29, 1.82) is 0 Å². The Kier molecular flexibility index (Phi) is 4.24. The third-order valence-corrected chi connectivity index (χ3v) is 4.72. The number of nitrogens with one attached hydrogen (secondary N) is 3. The fourth-order valence-electron chi connectivity index (χ4n) is 3.11. The number of ether oxygens (including phenoxy) is 1. The van der Waals surface area contributed by atoms with Crippen molar-refractivity contribution in [3.63, 3.8) is 0 Å². The van der Waals surface area contributed by atoms with Gasteiger partial charge in [0.25, 0.3) is 0 Å². The largest absolute Gasteiger partial charge is 0.497 e. The van der Waals surface area contributed by atoms with E-state index in [0.29, 0.717) is 28.2 Å². The molecule has 4 aromatic rings. The summed E-state index contributed by atoms with van der Waals surface area (Å²) in [6, 6.07) is 9.68. The number of imidazole rings is 1. The van der Waals surface area contributed by atoms with E-state index in [1.807, 2.05) is 30.3 Å². The van der Waals surface area contributed by atoms with Crippen LogP contribution in [0.25, 0.3) is 11.7 Å². The highest BCUT2D eigenvalue weighted by Gasteiger charge is 2.20. The zero-order chi connectivity index (χ0) is 20.7. The van der Waals surface area contributed by atoms with Crippen LogP contribution in [0, 0.1) is 0 Å². The lowest BCUT2D eigenvalue weighted by molar-refractivity contribution is 0.415. The van der Waals surface area contributed by atoms with Gasteiger partial charge in [-0.15, -0.1) is 0 Å². The molecule has 1 aromatic carbocycles. The smallest absolute Gasteiger partial charge is 0.326 e. The summed E-state index contributed by atoms with van der Waals surface area (Å²) in [6.07, 6.45) is 5.34. The minimum absolute atomic E-state index is 0.243. The molecule has 3 heterocycles. The van der Waals surface area contributed by atoms with Gasteiger partial charge < -0.3 is 20.1 Å². The Bertz CT molecular complexity index is 1410. The Morgan fingerprint density at radius 2 is 2.20 bits per heavy atom. The van der Waals surface area contributed by atoms with Crippen LogP contribution < -0.4 is 26.4 Å². The number of aromatic amines is 2. The van der Waals surface area contributed by atoms with Crippen molar-refractivity contribution in [2.24, 2.45) is 4.99 Å². The number of methoxy groups -OCH3 is 1. The fraction of sp³-hybridized carbons (Fsp3) is 0.200. The number of aromatic nitrogens is 5. The third kappa shape index (κ3) is 3.50. The lowest BCUT2D eigenvalue weighted by Crippen LogP contribution is -2.19. The van der Waals surface area contributed by atoms with E-state index in [1.165, 1.54) is 0 Å². The molecule has 10 heteroatoms. The molecule has 0 aliphatic heterocycles. The van der Waals surface area contributed by atoms with Crippen LogP contribution in [0.2, 0.25) is 0 Å². The molecule has 152 valence electrons. The molecule has 0 amide bonds. The molecular formula is C20H19N7O3. The predicted octanol–water partition coefficient (Wildman–Crippen LogP) is 0.814. The van der Waals surface area contributed by atoms with Gasteiger partial charge in [-0.1, -0.05) is 6.07 Å². The van der Waals surface area contributed by atoms with Crippen LogP contribution >= 0.6 is 0 Å². The molecule has 4 N–H and O–H groups in total. The second-order valence-corrected chi connectivity index (χ2v) is 7.04. The summed E-state index contributed by atoms with van der Waals surface area (Å²) in [5.41, 5.74) is 1.81. The Balaban J connectivity index is 1.66. The van der Waals surface area contributed by atoms with Crippen molar-refractivity contribution >= 4 is 23.2 Å². The van der Waals surface area contributed by atoms with Crippen LogP contribution in [0.3, 0.4) is 0 Å². The first kappa shape index (κ1) is 18.0. The first-order valence-corrected chi connectivity index (χ1v) is 9.46. The molecule has 10 nitrogen and oxygen atoms in total. The predicted molar refractivity (Wildman–Crippen MR) is 110 cm³/mol. The highest BCUT2D eigenvalue weighted by molar-refractivity contribution is 5.62. The fourth-order valence-corrected chi connectivity index (χ4v) is 3.11. The lowest BCUT2D eigenvalue weighted by atomic mass is 10.3. The number of hydrogen-bond acceptors (Lipinski definition) is 7. The molecule has 0 unspecified atom stereocenters. The van der Waals surface area contributed by atoms with Crippen LogP contribution in [0.15, 0.2) is 46.3 Å². The summed E-state index contributed by atoms with van der Waals surface area (Å²) in [7, 11) is 1.62. The summed E-state index contributed by atoms with van der Waals surface area (Å²) in [6.45, 7) is 0. The minimum Gasteiger partial charge on any atom is -0.497 e. The zero-order valence-electron chi connectivity index (χ0n) is 16.1. The maximum absolute atomic E-state index is 11.4. The van der Waals surface area contributed by atoms with Crippen LogP contribution in [0.4, 0.5) is 11.5 Å². The number of fused-ring (bicyclic) bond motifs is 1. The Morgan fingerprint density at radius 1 is 1.33 bits per heavy atom. The third-order valence-electron chi connectivity index (χ3n) is 4.72. The molecule has 1 saturated carbocycles. The topological polar surface area (TPSA) is 133 Å². The van der Waals surface area contributed by atoms with E-state index in [2.05, 4.69) is 25.4 Å². The van der Waals surface area contributed by atoms with E-state index in [0.717, 1.165) is 24.3 Å². The second kappa shape index (κ2) is 7.07. The number of H-pyrrole nitrogens is 2. The van der Waals surface area contributed by atoms with E-state index in [9.17, 15) is 9.90 Å². The number of benzene rings is 1. The van der Waals surface area contributed by atoms with E-state index < -0.39 is 5.69 Å². The maximum atomic E-state index is 11.4. The van der Waals surface area contributed by atoms with E-state index >= 15 is 0 Å². The summed E-state index contributed by atoms with van der Waals surface area (Å²) >= 11 is 0. The van der Waals surface area contributed by atoms with Crippen molar-refractivity contribution in [1.82, 2.24) is 24.6 Å². The summed E-state index contributed by atoms with van der Waals surface area (Å²) in [4.78, 5) is 25.7. The second-order valence-electron chi connectivity index (χ2n) is 7.04. The molecule has 0 bridgehead atoms. The van der Waals surface area contributed by atoms with Gasteiger partial charge in [-0.3, -0.25) is 9.98 Å². The maximum Gasteiger partial charge on any atom is 0.326 e. The van der Waals surface area contributed by atoms with Crippen molar-refractivity contribution in [3.8, 4) is 11.6 Å². The van der Waals surface area contributed by atoms with Crippen LogP contribution in [0.5, 0.6) is 11.6 Å². The van der Waals surface area contributed by atoms with Crippen molar-refractivity contribution in [2.45, 2.75) is 18.9 Å². The van der Waals surface area contributed by atoms with Crippen molar-refractivity contribution < 1.29 is 9.84 Å². The summed E-state index contributed by atoms with van der Waals surface area (Å²) in [5, 5.41) is 18.2. The Morgan fingerprint density at radius 3 is 2.93 bits per heavy atom. The first-order valence-electron chi connectivity index (χ1n) is 9.46. The number of hydrogen-bond donors (Lipinski definition) is 4. The highest BCUT2D eigenvalue weighted by atomic mass is 16.5. The molecule has 0 atom stereocenters. The monoisotopic (exact) mass is 405 g/mol. The van der Waals surface area contributed by atoms with Crippen LogP contribution in [-0.4, -0.2) is 42.8 Å². The molecule has 0 saturated heterocycles. The average molecular weight is 405 g/mol. The Hall–Kier alpha value is -4.08. The zero-order valence-corrected chi connectivity index (χ0v) is 16.1. The first-order chi connectivity index (χ1) is 14.6. The van der Waals surface area contributed by atoms with E-state index in [1.54, 1.807) is 23.9 Å². The molecule has 3 aromatic heterocycles. The average Bonchev–Trinajstić information content (AvgIpc) is 3.37. The quantitative estimate of drug-likeness (QED) is 0.388. The number of anilines is 2. The van der Waals surface area contributed by atoms with E-state index in [-0.39, 0.29) is 11.6 Å². The molecule has 1 aliphatic carbocycles. The molecule has 0 spiro atoms. The van der Waals surface area contributed by atoms with Gasteiger partial charge in [0.15, 0.2) is 11.1 Å². The number of rotatable bonds is 5. The molecule has 1 aliphatic rings.